The molecule has 20 heavy (non-hydrogen) atoms. The molecular formula is C16H24FNO2. The standard InChI is InChI=1S/C16H24FNO2/c1-4-14-12(8-9-20-14)16(18-5-2)11-6-7-15(19-3)13(17)10-11/h6-7,10,12,14,16,18H,4-5,8-9H2,1-3H3. The summed E-state index contributed by atoms with van der Waals surface area (Å²) >= 11 is 0. The van der Waals surface area contributed by atoms with Gasteiger partial charge in [0, 0.05) is 18.6 Å². The highest BCUT2D eigenvalue weighted by Crippen LogP contribution is 2.35. The van der Waals surface area contributed by atoms with Gasteiger partial charge in [-0.15, -0.1) is 0 Å². The number of ether oxygens (including phenoxy) is 2. The predicted molar refractivity (Wildman–Crippen MR) is 77.5 cm³/mol. The second kappa shape index (κ2) is 7.04. The summed E-state index contributed by atoms with van der Waals surface area (Å²) < 4.78 is 24.7. The first-order valence-electron chi connectivity index (χ1n) is 7.39. The normalized spacial score (nSPS) is 23.8. The van der Waals surface area contributed by atoms with Crippen LogP contribution in [0, 0.1) is 11.7 Å². The Morgan fingerprint density at radius 1 is 1.45 bits per heavy atom. The molecule has 0 amide bonds. The molecule has 0 spiro atoms. The molecular weight excluding hydrogens is 257 g/mol. The van der Waals surface area contributed by atoms with E-state index in [1.165, 1.54) is 7.11 Å². The van der Waals surface area contributed by atoms with Gasteiger partial charge in [-0.25, -0.2) is 4.39 Å². The number of methoxy groups -OCH3 is 1. The molecule has 1 aromatic carbocycles. The lowest BCUT2D eigenvalue weighted by Crippen LogP contribution is -2.32. The molecule has 2 rings (SSSR count). The van der Waals surface area contributed by atoms with E-state index in [2.05, 4.69) is 19.2 Å². The van der Waals surface area contributed by atoms with E-state index < -0.39 is 0 Å². The van der Waals surface area contributed by atoms with Gasteiger partial charge in [0.05, 0.1) is 13.2 Å². The number of hydrogen-bond acceptors (Lipinski definition) is 3. The highest BCUT2D eigenvalue weighted by Gasteiger charge is 2.34. The maximum absolute atomic E-state index is 13.9. The van der Waals surface area contributed by atoms with Crippen molar-refractivity contribution in [1.82, 2.24) is 5.32 Å². The van der Waals surface area contributed by atoms with Crippen LogP contribution in [0.25, 0.3) is 0 Å². The fourth-order valence-electron chi connectivity index (χ4n) is 3.08. The summed E-state index contributed by atoms with van der Waals surface area (Å²) in [7, 11) is 1.48. The molecule has 4 heteroatoms. The Kier molecular flexibility index (Phi) is 5.38. The third kappa shape index (κ3) is 3.13. The number of hydrogen-bond donors (Lipinski definition) is 1. The molecule has 0 bridgehead atoms. The van der Waals surface area contributed by atoms with Crippen molar-refractivity contribution in [2.45, 2.75) is 38.8 Å². The van der Waals surface area contributed by atoms with Gasteiger partial charge in [-0.3, -0.25) is 0 Å². The highest BCUT2D eigenvalue weighted by atomic mass is 19.1. The number of rotatable bonds is 6. The van der Waals surface area contributed by atoms with E-state index in [1.54, 1.807) is 12.1 Å². The summed E-state index contributed by atoms with van der Waals surface area (Å²) in [6.45, 7) is 5.86. The van der Waals surface area contributed by atoms with E-state index in [0.717, 1.165) is 31.6 Å². The van der Waals surface area contributed by atoms with Crippen molar-refractivity contribution >= 4 is 0 Å². The van der Waals surface area contributed by atoms with Crippen LogP contribution in [0.2, 0.25) is 0 Å². The van der Waals surface area contributed by atoms with Crippen molar-refractivity contribution in [3.63, 3.8) is 0 Å². The molecule has 1 aliphatic rings. The number of nitrogens with one attached hydrogen (secondary N) is 1. The summed E-state index contributed by atoms with van der Waals surface area (Å²) in [6.07, 6.45) is 2.26. The van der Waals surface area contributed by atoms with Gasteiger partial charge in [-0.1, -0.05) is 19.9 Å². The summed E-state index contributed by atoms with van der Waals surface area (Å²) in [6, 6.07) is 5.36. The van der Waals surface area contributed by atoms with Crippen LogP contribution in [-0.2, 0) is 4.74 Å². The minimum Gasteiger partial charge on any atom is -0.494 e. The number of halogens is 1. The van der Waals surface area contributed by atoms with Crippen molar-refractivity contribution in [3.05, 3.63) is 29.6 Å². The molecule has 3 unspecified atom stereocenters. The summed E-state index contributed by atoms with van der Waals surface area (Å²) in [4.78, 5) is 0. The van der Waals surface area contributed by atoms with E-state index in [9.17, 15) is 4.39 Å². The quantitative estimate of drug-likeness (QED) is 0.868. The fraction of sp³-hybridized carbons (Fsp3) is 0.625. The second-order valence-corrected chi connectivity index (χ2v) is 5.20. The summed E-state index contributed by atoms with van der Waals surface area (Å²) in [5.74, 6) is 0.381. The van der Waals surface area contributed by atoms with Crippen LogP contribution < -0.4 is 10.1 Å². The maximum Gasteiger partial charge on any atom is 0.165 e. The third-order valence-electron chi connectivity index (χ3n) is 4.05. The molecule has 1 aromatic rings. The van der Waals surface area contributed by atoms with Gasteiger partial charge in [0.1, 0.15) is 0 Å². The lowest BCUT2D eigenvalue weighted by molar-refractivity contribution is 0.0775. The van der Waals surface area contributed by atoms with Gasteiger partial charge in [0.2, 0.25) is 0 Å². The fourth-order valence-corrected chi connectivity index (χ4v) is 3.08. The largest absolute Gasteiger partial charge is 0.494 e. The second-order valence-electron chi connectivity index (χ2n) is 5.20. The molecule has 1 heterocycles. The van der Waals surface area contributed by atoms with Crippen LogP contribution in [0.5, 0.6) is 5.75 Å². The van der Waals surface area contributed by atoms with E-state index >= 15 is 0 Å². The van der Waals surface area contributed by atoms with Crippen LogP contribution in [0.1, 0.15) is 38.3 Å². The average molecular weight is 281 g/mol. The molecule has 1 aliphatic heterocycles. The Labute approximate surface area is 120 Å². The zero-order valence-electron chi connectivity index (χ0n) is 12.5. The van der Waals surface area contributed by atoms with Crippen molar-refractivity contribution in [2.75, 3.05) is 20.3 Å². The van der Waals surface area contributed by atoms with Crippen molar-refractivity contribution in [2.24, 2.45) is 5.92 Å². The molecule has 0 radical (unpaired) electrons. The monoisotopic (exact) mass is 281 g/mol. The molecule has 1 N–H and O–H groups in total. The minimum absolute atomic E-state index is 0.132. The van der Waals surface area contributed by atoms with Gasteiger partial charge in [-0.05, 0) is 37.1 Å². The summed E-state index contributed by atoms with van der Waals surface area (Å²) in [5.41, 5.74) is 0.971. The SMILES string of the molecule is CCNC(c1ccc(OC)c(F)c1)C1CCOC1CC. The first kappa shape index (κ1) is 15.3. The summed E-state index contributed by atoms with van der Waals surface area (Å²) in [5, 5.41) is 3.48. The van der Waals surface area contributed by atoms with Crippen LogP contribution >= 0.6 is 0 Å². The van der Waals surface area contributed by atoms with Gasteiger partial charge in [-0.2, -0.15) is 0 Å². The van der Waals surface area contributed by atoms with Crippen LogP contribution in [0.3, 0.4) is 0 Å². The lowest BCUT2D eigenvalue weighted by Gasteiger charge is -2.28. The Morgan fingerprint density at radius 3 is 2.85 bits per heavy atom. The molecule has 0 saturated carbocycles. The zero-order valence-corrected chi connectivity index (χ0v) is 12.5. The van der Waals surface area contributed by atoms with Crippen molar-refractivity contribution < 1.29 is 13.9 Å². The number of benzene rings is 1. The molecule has 3 atom stereocenters. The Balaban J connectivity index is 2.25. The van der Waals surface area contributed by atoms with Gasteiger partial charge < -0.3 is 14.8 Å². The van der Waals surface area contributed by atoms with E-state index in [0.29, 0.717) is 11.7 Å². The molecule has 0 aliphatic carbocycles. The van der Waals surface area contributed by atoms with Gasteiger partial charge in [0.25, 0.3) is 0 Å². The highest BCUT2D eigenvalue weighted by molar-refractivity contribution is 5.31. The molecule has 0 aromatic heterocycles. The Bertz CT molecular complexity index is 438. The average Bonchev–Trinajstić information content (AvgIpc) is 2.92. The Morgan fingerprint density at radius 2 is 2.25 bits per heavy atom. The zero-order chi connectivity index (χ0) is 14.5. The molecule has 3 nitrogen and oxygen atoms in total. The smallest absolute Gasteiger partial charge is 0.165 e. The van der Waals surface area contributed by atoms with Crippen molar-refractivity contribution in [1.29, 1.82) is 0 Å². The molecule has 112 valence electrons. The third-order valence-corrected chi connectivity index (χ3v) is 4.05. The molecule has 1 saturated heterocycles. The lowest BCUT2D eigenvalue weighted by atomic mass is 9.86. The predicted octanol–water partition coefficient (Wildman–Crippen LogP) is 3.30. The Hall–Kier alpha value is -1.13. The first-order chi connectivity index (χ1) is 9.71. The van der Waals surface area contributed by atoms with E-state index in [4.69, 9.17) is 9.47 Å². The van der Waals surface area contributed by atoms with E-state index in [-0.39, 0.29) is 18.0 Å². The van der Waals surface area contributed by atoms with Crippen molar-refractivity contribution in [3.8, 4) is 5.75 Å². The first-order valence-corrected chi connectivity index (χ1v) is 7.39. The maximum atomic E-state index is 13.9. The molecule has 1 fully saturated rings. The van der Waals surface area contributed by atoms with E-state index in [1.807, 2.05) is 6.07 Å². The van der Waals surface area contributed by atoms with Gasteiger partial charge in [0.15, 0.2) is 11.6 Å². The van der Waals surface area contributed by atoms with Crippen LogP contribution in [-0.4, -0.2) is 26.4 Å². The van der Waals surface area contributed by atoms with Crippen LogP contribution in [0.15, 0.2) is 18.2 Å². The topological polar surface area (TPSA) is 30.5 Å². The minimum atomic E-state index is -0.306. The van der Waals surface area contributed by atoms with Gasteiger partial charge >= 0.3 is 0 Å². The van der Waals surface area contributed by atoms with Crippen LogP contribution in [0.4, 0.5) is 4.39 Å².